The van der Waals surface area contributed by atoms with Gasteiger partial charge in [-0.3, -0.25) is 19.5 Å². The van der Waals surface area contributed by atoms with Gasteiger partial charge in [0.1, 0.15) is 17.6 Å². The van der Waals surface area contributed by atoms with Crippen LogP contribution in [0.3, 0.4) is 0 Å². The van der Waals surface area contributed by atoms with Crippen molar-refractivity contribution in [1.82, 2.24) is 4.98 Å². The number of anilines is 1. The molecule has 0 radical (unpaired) electrons. The van der Waals surface area contributed by atoms with Gasteiger partial charge in [-0.15, -0.1) is 0 Å². The maximum Gasteiger partial charge on any atom is 0.300 e. The average Bonchev–Trinajstić information content (AvgIpc) is 3.09. The summed E-state index contributed by atoms with van der Waals surface area (Å²) < 4.78 is 5.82. The van der Waals surface area contributed by atoms with Gasteiger partial charge in [-0.25, -0.2) is 0 Å². The van der Waals surface area contributed by atoms with E-state index >= 15 is 0 Å². The first-order chi connectivity index (χ1) is 15.9. The van der Waals surface area contributed by atoms with E-state index in [1.807, 2.05) is 13.0 Å². The summed E-state index contributed by atoms with van der Waals surface area (Å²) in [4.78, 5) is 32.0. The number of aliphatic hydroxyl groups excluding tert-OH is 1. The van der Waals surface area contributed by atoms with Crippen molar-refractivity contribution in [2.75, 3.05) is 11.5 Å². The third-order valence-corrected chi connectivity index (χ3v) is 5.47. The molecule has 3 aromatic rings. The molecule has 1 fully saturated rings. The largest absolute Gasteiger partial charge is 0.507 e. The fourth-order valence-electron chi connectivity index (χ4n) is 3.88. The molecule has 0 saturated carbocycles. The topological polar surface area (TPSA) is 79.7 Å². The van der Waals surface area contributed by atoms with Crippen LogP contribution in [0.4, 0.5) is 5.69 Å². The summed E-state index contributed by atoms with van der Waals surface area (Å²) in [5.74, 6) is -0.589. The number of aliphatic hydroxyl groups is 1. The Labute approximate surface area is 193 Å². The highest BCUT2D eigenvalue weighted by molar-refractivity contribution is 6.51. The molecular formula is C27H26N2O4. The molecule has 33 heavy (non-hydrogen) atoms. The molecule has 2 aromatic carbocycles. The number of para-hydroxylation sites is 1. The fraction of sp³-hybridized carbons (Fsp3) is 0.222. The number of carbonyl (C=O) groups excluding carboxylic acids is 2. The third kappa shape index (κ3) is 4.37. The molecule has 1 unspecified atom stereocenters. The van der Waals surface area contributed by atoms with Gasteiger partial charge in [-0.1, -0.05) is 38.1 Å². The molecule has 1 atom stereocenters. The van der Waals surface area contributed by atoms with Gasteiger partial charge in [0.2, 0.25) is 0 Å². The number of aryl methyl sites for hydroxylation is 1. The molecular weight excluding hydrogens is 416 g/mol. The zero-order chi connectivity index (χ0) is 23.5. The second-order valence-electron chi connectivity index (χ2n) is 8.44. The van der Waals surface area contributed by atoms with Gasteiger partial charge in [-0.05, 0) is 60.9 Å². The van der Waals surface area contributed by atoms with E-state index in [9.17, 15) is 14.7 Å². The van der Waals surface area contributed by atoms with E-state index in [-0.39, 0.29) is 11.3 Å². The van der Waals surface area contributed by atoms with Crippen molar-refractivity contribution in [3.8, 4) is 5.75 Å². The molecule has 1 saturated heterocycles. The molecule has 0 bridgehead atoms. The van der Waals surface area contributed by atoms with Crippen molar-refractivity contribution in [3.05, 3.63) is 95.3 Å². The second-order valence-corrected chi connectivity index (χ2v) is 8.44. The zero-order valence-corrected chi connectivity index (χ0v) is 18.9. The van der Waals surface area contributed by atoms with Crippen LogP contribution in [0.1, 0.15) is 36.7 Å². The van der Waals surface area contributed by atoms with E-state index in [1.165, 1.54) is 4.90 Å². The molecule has 6 nitrogen and oxygen atoms in total. The van der Waals surface area contributed by atoms with Crippen LogP contribution in [0.25, 0.3) is 5.76 Å². The Balaban J connectivity index is 1.82. The number of Topliss-reactive ketones (excluding diaryl/α,β-unsaturated/α-hetero) is 1. The lowest BCUT2D eigenvalue weighted by atomic mass is 9.97. The van der Waals surface area contributed by atoms with Gasteiger partial charge in [0.25, 0.3) is 11.7 Å². The number of ether oxygens (including phenoxy) is 1. The zero-order valence-electron chi connectivity index (χ0n) is 18.9. The van der Waals surface area contributed by atoms with Crippen molar-refractivity contribution in [3.63, 3.8) is 0 Å². The summed E-state index contributed by atoms with van der Waals surface area (Å²) in [6.45, 7) is 6.59. The van der Waals surface area contributed by atoms with Gasteiger partial charge in [0, 0.05) is 17.4 Å². The highest BCUT2D eigenvalue weighted by atomic mass is 16.5. The molecule has 2 heterocycles. The van der Waals surface area contributed by atoms with Crippen LogP contribution in [0.2, 0.25) is 0 Å². The number of nitrogens with zero attached hydrogens (tertiary/aromatic N) is 2. The summed E-state index contributed by atoms with van der Waals surface area (Å²) in [5, 5.41) is 11.2. The van der Waals surface area contributed by atoms with E-state index in [2.05, 4.69) is 18.8 Å². The van der Waals surface area contributed by atoms with Crippen molar-refractivity contribution in [2.24, 2.45) is 5.92 Å². The van der Waals surface area contributed by atoms with Crippen molar-refractivity contribution in [1.29, 1.82) is 0 Å². The van der Waals surface area contributed by atoms with Crippen molar-refractivity contribution in [2.45, 2.75) is 26.8 Å². The van der Waals surface area contributed by atoms with E-state index in [4.69, 9.17) is 4.74 Å². The van der Waals surface area contributed by atoms with Crippen LogP contribution in [0.5, 0.6) is 5.75 Å². The molecule has 4 rings (SSSR count). The van der Waals surface area contributed by atoms with E-state index < -0.39 is 17.7 Å². The summed E-state index contributed by atoms with van der Waals surface area (Å²) >= 11 is 0. The Morgan fingerprint density at radius 1 is 1.06 bits per heavy atom. The van der Waals surface area contributed by atoms with Crippen LogP contribution >= 0.6 is 0 Å². The lowest BCUT2D eigenvalue weighted by molar-refractivity contribution is -0.132. The Bertz CT molecular complexity index is 1200. The predicted octanol–water partition coefficient (Wildman–Crippen LogP) is 5.05. The van der Waals surface area contributed by atoms with Crippen molar-refractivity contribution < 1.29 is 19.4 Å². The first kappa shape index (κ1) is 22.3. The number of rotatable bonds is 6. The SMILES string of the molecule is Cc1cc(/C(O)=C2/C(=O)C(=O)N(c3ccccc3)C2c2ccccn2)ccc1OCC(C)C. The fourth-order valence-corrected chi connectivity index (χ4v) is 3.88. The summed E-state index contributed by atoms with van der Waals surface area (Å²) in [7, 11) is 0. The molecule has 1 aromatic heterocycles. The smallest absolute Gasteiger partial charge is 0.300 e. The van der Waals surface area contributed by atoms with Crippen LogP contribution in [0, 0.1) is 12.8 Å². The number of hydrogen-bond donors (Lipinski definition) is 1. The number of hydrogen-bond acceptors (Lipinski definition) is 5. The van der Waals surface area contributed by atoms with Gasteiger partial charge in [0.15, 0.2) is 0 Å². The number of ketones is 1. The van der Waals surface area contributed by atoms with Gasteiger partial charge >= 0.3 is 0 Å². The van der Waals surface area contributed by atoms with Crippen LogP contribution in [-0.2, 0) is 9.59 Å². The van der Waals surface area contributed by atoms with E-state index in [1.54, 1.807) is 66.9 Å². The molecule has 0 aliphatic carbocycles. The number of pyridine rings is 1. The molecule has 1 aliphatic rings. The average molecular weight is 443 g/mol. The van der Waals surface area contributed by atoms with Gasteiger partial charge in [0.05, 0.1) is 17.9 Å². The quantitative estimate of drug-likeness (QED) is 0.328. The Morgan fingerprint density at radius 2 is 1.79 bits per heavy atom. The Morgan fingerprint density at radius 3 is 2.42 bits per heavy atom. The maximum absolute atomic E-state index is 13.2. The first-order valence-electron chi connectivity index (χ1n) is 10.9. The Kier molecular flexibility index (Phi) is 6.27. The predicted molar refractivity (Wildman–Crippen MR) is 127 cm³/mol. The monoisotopic (exact) mass is 442 g/mol. The van der Waals surface area contributed by atoms with Crippen LogP contribution < -0.4 is 9.64 Å². The minimum absolute atomic E-state index is 0.0119. The number of benzene rings is 2. The van der Waals surface area contributed by atoms with Crippen molar-refractivity contribution >= 4 is 23.1 Å². The van der Waals surface area contributed by atoms with Crippen LogP contribution in [-0.4, -0.2) is 28.4 Å². The lowest BCUT2D eigenvalue weighted by Crippen LogP contribution is -2.29. The van der Waals surface area contributed by atoms with Gasteiger partial charge in [-0.2, -0.15) is 0 Å². The number of amides is 1. The standard InChI is InChI=1S/C27H26N2O4/c1-17(2)16-33-22-13-12-19(15-18(22)3)25(30)23-24(21-11-7-8-14-28-21)29(27(32)26(23)31)20-9-5-4-6-10-20/h4-15,17,24,30H,16H2,1-3H3/b25-23-. The first-order valence-corrected chi connectivity index (χ1v) is 10.9. The third-order valence-electron chi connectivity index (χ3n) is 5.47. The number of carbonyl (C=O) groups is 2. The maximum atomic E-state index is 13.2. The molecule has 1 amide bonds. The summed E-state index contributed by atoms with van der Waals surface area (Å²) in [5.41, 5.74) is 2.33. The lowest BCUT2D eigenvalue weighted by Gasteiger charge is -2.24. The summed E-state index contributed by atoms with van der Waals surface area (Å²) in [6, 6.07) is 18.6. The minimum Gasteiger partial charge on any atom is -0.507 e. The highest BCUT2D eigenvalue weighted by Crippen LogP contribution is 2.41. The molecule has 1 aliphatic heterocycles. The Hall–Kier alpha value is -3.93. The van der Waals surface area contributed by atoms with E-state index in [0.717, 1.165) is 5.56 Å². The molecule has 1 N–H and O–H groups in total. The molecule has 0 spiro atoms. The minimum atomic E-state index is -0.842. The van der Waals surface area contributed by atoms with Gasteiger partial charge < -0.3 is 9.84 Å². The normalized spacial score (nSPS) is 17.6. The van der Waals surface area contributed by atoms with Crippen LogP contribution in [0.15, 0.2) is 78.5 Å². The molecule has 6 heteroatoms. The highest BCUT2D eigenvalue weighted by Gasteiger charge is 2.47. The number of aromatic nitrogens is 1. The second kappa shape index (κ2) is 9.28. The summed E-state index contributed by atoms with van der Waals surface area (Å²) in [6.07, 6.45) is 1.60. The van der Waals surface area contributed by atoms with E-state index in [0.29, 0.717) is 35.2 Å². The molecule has 168 valence electrons.